The molecule has 4 heteroatoms. The molecule has 0 amide bonds. The van der Waals surface area contributed by atoms with Gasteiger partial charge in [0.25, 0.3) is 0 Å². The van der Waals surface area contributed by atoms with E-state index >= 15 is 0 Å². The number of hydrogen-bond acceptors (Lipinski definition) is 4. The molecule has 4 nitrogen and oxygen atoms in total. The predicted molar refractivity (Wildman–Crippen MR) is 110 cm³/mol. The molecular weight excluding hydrogens is 352 g/mol. The molecule has 0 bridgehead atoms. The zero-order valence-corrected chi connectivity index (χ0v) is 16.5. The molecule has 0 heterocycles. The van der Waals surface area contributed by atoms with Crippen molar-refractivity contribution in [1.82, 2.24) is 0 Å². The Hall–Kier alpha value is -2.88. The summed E-state index contributed by atoms with van der Waals surface area (Å²) in [6.45, 7) is 7.70. The van der Waals surface area contributed by atoms with Crippen LogP contribution in [0.5, 0.6) is 0 Å². The van der Waals surface area contributed by atoms with Gasteiger partial charge in [-0.2, -0.15) is 0 Å². The van der Waals surface area contributed by atoms with E-state index in [0.717, 1.165) is 12.8 Å². The third-order valence-electron chi connectivity index (χ3n) is 4.67. The van der Waals surface area contributed by atoms with E-state index in [0.29, 0.717) is 17.5 Å². The Morgan fingerprint density at radius 1 is 0.929 bits per heavy atom. The van der Waals surface area contributed by atoms with Gasteiger partial charge in [0.15, 0.2) is 0 Å². The van der Waals surface area contributed by atoms with Gasteiger partial charge in [-0.05, 0) is 37.6 Å². The van der Waals surface area contributed by atoms with Crippen molar-refractivity contribution in [3.8, 4) is 0 Å². The molecule has 0 spiro atoms. The highest BCUT2D eigenvalue weighted by Gasteiger charge is 2.31. The molecule has 0 saturated heterocycles. The first-order valence-corrected chi connectivity index (χ1v) is 9.69. The van der Waals surface area contributed by atoms with Crippen LogP contribution in [0, 0.1) is 5.92 Å². The monoisotopic (exact) mass is 380 g/mol. The number of carbonyl (C=O) groups excluding carboxylic acids is 2. The normalized spacial score (nSPS) is 13.8. The van der Waals surface area contributed by atoms with Gasteiger partial charge in [-0.1, -0.05) is 55.8 Å². The van der Waals surface area contributed by atoms with Crippen molar-refractivity contribution in [2.24, 2.45) is 5.92 Å². The first-order chi connectivity index (χ1) is 13.6. The summed E-state index contributed by atoms with van der Waals surface area (Å²) in [5.41, 5.74) is 1.01. The first kappa shape index (κ1) is 21.4. The lowest BCUT2D eigenvalue weighted by atomic mass is 9.89. The lowest BCUT2D eigenvalue weighted by Gasteiger charge is -2.30. The molecular formula is C24H28O4. The van der Waals surface area contributed by atoms with Crippen molar-refractivity contribution in [2.45, 2.75) is 45.3 Å². The van der Waals surface area contributed by atoms with E-state index in [4.69, 9.17) is 9.47 Å². The Bertz CT molecular complexity index is 755. The zero-order valence-electron chi connectivity index (χ0n) is 16.5. The number of benzene rings is 2. The van der Waals surface area contributed by atoms with E-state index in [1.807, 2.05) is 19.1 Å². The highest BCUT2D eigenvalue weighted by atomic mass is 16.6. The average molecular weight is 380 g/mol. The van der Waals surface area contributed by atoms with Crippen LogP contribution >= 0.6 is 0 Å². The summed E-state index contributed by atoms with van der Waals surface area (Å²) in [6.07, 6.45) is 3.07. The molecule has 148 valence electrons. The fourth-order valence-electron chi connectivity index (χ4n) is 3.21. The van der Waals surface area contributed by atoms with Crippen molar-refractivity contribution in [1.29, 1.82) is 0 Å². The molecule has 0 saturated carbocycles. The topological polar surface area (TPSA) is 52.6 Å². The summed E-state index contributed by atoms with van der Waals surface area (Å²) in [6, 6.07) is 17.8. The van der Waals surface area contributed by atoms with Gasteiger partial charge in [0.2, 0.25) is 0 Å². The number of carbonyl (C=O) groups is 2. The lowest BCUT2D eigenvalue weighted by molar-refractivity contribution is -0.0293. The van der Waals surface area contributed by atoms with Crippen LogP contribution in [-0.4, -0.2) is 24.1 Å². The van der Waals surface area contributed by atoms with Gasteiger partial charge in [-0.25, -0.2) is 9.59 Å². The second kappa shape index (κ2) is 11.1. The zero-order chi connectivity index (χ0) is 20.4. The molecule has 0 aromatic heterocycles. The van der Waals surface area contributed by atoms with Gasteiger partial charge in [0.1, 0.15) is 12.2 Å². The van der Waals surface area contributed by atoms with E-state index in [2.05, 4.69) is 13.5 Å². The van der Waals surface area contributed by atoms with Crippen LogP contribution < -0.4 is 0 Å². The van der Waals surface area contributed by atoms with Gasteiger partial charge in [-0.15, -0.1) is 6.58 Å². The second-order valence-corrected chi connectivity index (χ2v) is 6.76. The third-order valence-corrected chi connectivity index (χ3v) is 4.67. The molecule has 0 N–H and O–H groups in total. The smallest absolute Gasteiger partial charge is 0.338 e. The van der Waals surface area contributed by atoms with Crippen LogP contribution in [-0.2, 0) is 9.47 Å². The number of hydrogen-bond donors (Lipinski definition) is 0. The Morgan fingerprint density at radius 2 is 1.43 bits per heavy atom. The maximum Gasteiger partial charge on any atom is 0.338 e. The van der Waals surface area contributed by atoms with Crippen LogP contribution in [0.2, 0.25) is 0 Å². The Balaban J connectivity index is 2.13. The van der Waals surface area contributed by atoms with E-state index in [-0.39, 0.29) is 17.9 Å². The summed E-state index contributed by atoms with van der Waals surface area (Å²) in [5.74, 6) is -0.876. The number of rotatable bonds is 10. The van der Waals surface area contributed by atoms with Crippen LogP contribution in [0.15, 0.2) is 73.3 Å². The average Bonchev–Trinajstić information content (AvgIpc) is 2.72. The van der Waals surface area contributed by atoms with Crippen LogP contribution in [0.3, 0.4) is 0 Å². The molecule has 0 aliphatic carbocycles. The second-order valence-electron chi connectivity index (χ2n) is 6.76. The lowest BCUT2D eigenvalue weighted by Crippen LogP contribution is -2.36. The van der Waals surface area contributed by atoms with Crippen LogP contribution in [0.25, 0.3) is 0 Å². The summed E-state index contributed by atoms with van der Waals surface area (Å²) in [4.78, 5) is 25.0. The quantitative estimate of drug-likeness (QED) is 0.406. The molecule has 0 aliphatic heterocycles. The summed E-state index contributed by atoms with van der Waals surface area (Å²) < 4.78 is 11.5. The van der Waals surface area contributed by atoms with Crippen molar-refractivity contribution < 1.29 is 19.1 Å². The standard InChI is InChI=1S/C24H28O4/c1-4-12-21(18(3)27-23(25)19-14-8-6-9-15-19)22(13-5-2)28-24(26)20-16-10-7-11-17-20/h5-11,14-18,21-22H,2,4,12-13H2,1,3H3. The van der Waals surface area contributed by atoms with E-state index in [9.17, 15) is 9.59 Å². The van der Waals surface area contributed by atoms with Crippen molar-refractivity contribution in [3.63, 3.8) is 0 Å². The Morgan fingerprint density at radius 3 is 1.89 bits per heavy atom. The highest BCUT2D eigenvalue weighted by Crippen LogP contribution is 2.26. The van der Waals surface area contributed by atoms with E-state index in [1.165, 1.54) is 0 Å². The molecule has 28 heavy (non-hydrogen) atoms. The Kier molecular flexibility index (Phi) is 8.47. The first-order valence-electron chi connectivity index (χ1n) is 9.69. The van der Waals surface area contributed by atoms with Crippen molar-refractivity contribution >= 4 is 11.9 Å². The van der Waals surface area contributed by atoms with Gasteiger partial charge >= 0.3 is 11.9 Å². The number of esters is 2. The maximum atomic E-state index is 12.5. The molecule has 3 atom stereocenters. The summed E-state index contributed by atoms with van der Waals surface area (Å²) >= 11 is 0. The molecule has 2 aromatic rings. The molecule has 0 radical (unpaired) electrons. The van der Waals surface area contributed by atoms with Crippen LogP contribution in [0.1, 0.15) is 53.8 Å². The fraction of sp³-hybridized carbons (Fsp3) is 0.333. The largest absolute Gasteiger partial charge is 0.459 e. The SMILES string of the molecule is C=CCC(OC(=O)c1ccccc1)C(CCC)C(C)OC(=O)c1ccccc1. The molecule has 0 aliphatic rings. The fourth-order valence-corrected chi connectivity index (χ4v) is 3.21. The molecule has 2 rings (SSSR count). The number of ether oxygens (including phenoxy) is 2. The summed E-state index contributed by atoms with van der Waals surface area (Å²) in [5, 5.41) is 0. The van der Waals surface area contributed by atoms with E-state index < -0.39 is 12.2 Å². The minimum absolute atomic E-state index is 0.122. The third kappa shape index (κ3) is 6.08. The van der Waals surface area contributed by atoms with Gasteiger partial charge in [0.05, 0.1) is 11.1 Å². The van der Waals surface area contributed by atoms with Crippen LogP contribution in [0.4, 0.5) is 0 Å². The summed E-state index contributed by atoms with van der Waals surface area (Å²) in [7, 11) is 0. The van der Waals surface area contributed by atoms with E-state index in [1.54, 1.807) is 54.6 Å². The maximum absolute atomic E-state index is 12.5. The predicted octanol–water partition coefficient (Wildman–Crippen LogP) is 5.45. The van der Waals surface area contributed by atoms with Crippen molar-refractivity contribution in [2.75, 3.05) is 0 Å². The molecule has 0 fully saturated rings. The Labute approximate surface area is 167 Å². The van der Waals surface area contributed by atoms with Crippen molar-refractivity contribution in [3.05, 3.63) is 84.4 Å². The van der Waals surface area contributed by atoms with Gasteiger partial charge in [-0.3, -0.25) is 0 Å². The minimum Gasteiger partial charge on any atom is -0.459 e. The molecule has 3 unspecified atom stereocenters. The van der Waals surface area contributed by atoms with Gasteiger partial charge in [0, 0.05) is 12.3 Å². The minimum atomic E-state index is -0.413. The highest BCUT2D eigenvalue weighted by molar-refractivity contribution is 5.90. The molecule has 2 aromatic carbocycles. The van der Waals surface area contributed by atoms with Gasteiger partial charge < -0.3 is 9.47 Å².